The number of carbonyl (C=O) groups is 2. The number of carboxylic acid groups (broad SMARTS) is 1. The molecule has 0 aliphatic carbocycles. The second kappa shape index (κ2) is 6.71. The van der Waals surface area contributed by atoms with Gasteiger partial charge in [-0.2, -0.15) is 0 Å². The minimum absolute atomic E-state index is 0.0182. The maximum Gasteiger partial charge on any atom is 0.371 e. The van der Waals surface area contributed by atoms with Crippen molar-refractivity contribution in [3.8, 4) is 0 Å². The molecule has 128 valence electrons. The highest BCUT2D eigenvalue weighted by molar-refractivity contribution is 7.89. The Kier molecular flexibility index (Phi) is 5.10. The molecular formula is C14H20N2O6S. The Bertz CT molecular complexity index is 688. The van der Waals surface area contributed by atoms with Gasteiger partial charge in [-0.25, -0.2) is 17.5 Å². The third-order valence-electron chi connectivity index (χ3n) is 4.10. The Hall–Kier alpha value is -1.87. The molecule has 2 rings (SSSR count). The van der Waals surface area contributed by atoms with E-state index in [0.29, 0.717) is 25.9 Å². The molecule has 8 nitrogen and oxygen atoms in total. The molecular weight excluding hydrogens is 324 g/mol. The van der Waals surface area contributed by atoms with Gasteiger partial charge >= 0.3 is 5.97 Å². The molecule has 0 saturated carbocycles. The lowest BCUT2D eigenvalue weighted by atomic mass is 10.1. The first-order valence-corrected chi connectivity index (χ1v) is 8.95. The van der Waals surface area contributed by atoms with Crippen molar-refractivity contribution < 1.29 is 27.5 Å². The number of aromatic carboxylic acids is 1. The molecule has 23 heavy (non-hydrogen) atoms. The van der Waals surface area contributed by atoms with Gasteiger partial charge in [0, 0.05) is 26.2 Å². The van der Waals surface area contributed by atoms with Crippen molar-refractivity contribution >= 4 is 21.9 Å². The van der Waals surface area contributed by atoms with Gasteiger partial charge in [-0.15, -0.1) is 0 Å². The summed E-state index contributed by atoms with van der Waals surface area (Å²) in [6.45, 7) is 2.40. The zero-order chi connectivity index (χ0) is 17.2. The van der Waals surface area contributed by atoms with E-state index in [9.17, 15) is 18.0 Å². The predicted octanol–water partition coefficient (Wildman–Crippen LogP) is 0.864. The van der Waals surface area contributed by atoms with Crippen LogP contribution < -0.4 is 0 Å². The van der Waals surface area contributed by atoms with Gasteiger partial charge < -0.3 is 14.4 Å². The van der Waals surface area contributed by atoms with Gasteiger partial charge in [0.2, 0.25) is 15.8 Å². The highest BCUT2D eigenvalue weighted by atomic mass is 32.2. The van der Waals surface area contributed by atoms with Gasteiger partial charge in [0.05, 0.1) is 5.75 Å². The molecule has 0 radical (unpaired) electrons. The van der Waals surface area contributed by atoms with E-state index in [1.165, 1.54) is 16.4 Å². The zero-order valence-electron chi connectivity index (χ0n) is 13.1. The summed E-state index contributed by atoms with van der Waals surface area (Å²) < 4.78 is 30.1. The number of carbonyl (C=O) groups excluding carboxylic acids is 1. The average molecular weight is 344 g/mol. The third-order valence-corrected chi connectivity index (χ3v) is 6.00. The van der Waals surface area contributed by atoms with Crippen molar-refractivity contribution in [1.82, 2.24) is 9.21 Å². The molecule has 1 fully saturated rings. The number of hydrogen-bond donors (Lipinski definition) is 1. The maximum absolute atomic E-state index is 12.3. The fraction of sp³-hybridized carbons (Fsp3) is 0.571. The van der Waals surface area contributed by atoms with Crippen molar-refractivity contribution in [2.45, 2.75) is 25.8 Å². The number of sulfonamides is 1. The Morgan fingerprint density at radius 3 is 2.35 bits per heavy atom. The Morgan fingerprint density at radius 1 is 1.30 bits per heavy atom. The highest BCUT2D eigenvalue weighted by Crippen LogP contribution is 2.20. The van der Waals surface area contributed by atoms with E-state index >= 15 is 0 Å². The van der Waals surface area contributed by atoms with Crippen LogP contribution in [0.1, 0.15) is 40.9 Å². The molecule has 1 saturated heterocycles. The van der Waals surface area contributed by atoms with Gasteiger partial charge in [-0.1, -0.05) is 0 Å². The van der Waals surface area contributed by atoms with Gasteiger partial charge in [-0.3, -0.25) is 4.79 Å². The van der Waals surface area contributed by atoms with E-state index in [1.807, 2.05) is 0 Å². The highest BCUT2D eigenvalue weighted by Gasteiger charge is 2.31. The number of likely N-dealkylation sites (tertiary alicyclic amines) is 1. The lowest BCUT2D eigenvalue weighted by Crippen LogP contribution is -2.47. The van der Waals surface area contributed by atoms with Crippen molar-refractivity contribution in [2.75, 3.05) is 25.9 Å². The molecule has 0 spiro atoms. The topological polar surface area (TPSA) is 108 Å². The molecule has 0 bridgehead atoms. The molecule has 9 heteroatoms. The first-order chi connectivity index (χ1) is 10.8. The van der Waals surface area contributed by atoms with Crippen LogP contribution in [-0.2, 0) is 10.0 Å². The Morgan fingerprint density at radius 2 is 1.87 bits per heavy atom. The van der Waals surface area contributed by atoms with Crippen LogP contribution in [0.2, 0.25) is 0 Å². The van der Waals surface area contributed by atoms with Gasteiger partial charge in [0.25, 0.3) is 5.91 Å². The number of nitrogens with zero attached hydrogens (tertiary/aromatic N) is 2. The number of furan rings is 1. The van der Waals surface area contributed by atoms with E-state index in [-0.39, 0.29) is 29.2 Å². The maximum atomic E-state index is 12.3. The first kappa shape index (κ1) is 17.5. The average Bonchev–Trinajstić information content (AvgIpc) is 3.04. The molecule has 0 unspecified atom stereocenters. The van der Waals surface area contributed by atoms with Crippen LogP contribution in [0.25, 0.3) is 0 Å². The van der Waals surface area contributed by atoms with Crippen molar-refractivity contribution in [1.29, 1.82) is 0 Å². The van der Waals surface area contributed by atoms with Crippen molar-refractivity contribution in [3.05, 3.63) is 23.7 Å². The van der Waals surface area contributed by atoms with Crippen LogP contribution >= 0.6 is 0 Å². The van der Waals surface area contributed by atoms with E-state index in [4.69, 9.17) is 9.52 Å². The fourth-order valence-electron chi connectivity index (χ4n) is 2.59. The van der Waals surface area contributed by atoms with Crippen LogP contribution in [0.3, 0.4) is 0 Å². The summed E-state index contributed by atoms with van der Waals surface area (Å²) in [5.41, 5.74) is 0. The second-order valence-corrected chi connectivity index (χ2v) is 7.73. The van der Waals surface area contributed by atoms with Crippen molar-refractivity contribution in [3.63, 3.8) is 0 Å². The van der Waals surface area contributed by atoms with Gasteiger partial charge in [0.1, 0.15) is 0 Å². The van der Waals surface area contributed by atoms with E-state index in [2.05, 4.69) is 0 Å². The summed E-state index contributed by atoms with van der Waals surface area (Å²) in [4.78, 5) is 24.6. The predicted molar refractivity (Wildman–Crippen MR) is 81.8 cm³/mol. The molecule has 1 aromatic rings. The third kappa shape index (κ3) is 3.73. The van der Waals surface area contributed by atoms with E-state index in [0.717, 1.165) is 0 Å². The number of hydrogen-bond acceptors (Lipinski definition) is 5. The standard InChI is InChI=1S/C14H20N2O6S/c1-3-23(20,21)15(2)10-6-8-16(9-7-10)13(17)11-4-5-12(22-11)14(18)19/h4-5,10H,3,6-9H2,1-2H3,(H,18,19). The number of rotatable bonds is 5. The van der Waals surface area contributed by atoms with Crippen LogP contribution in [0.15, 0.2) is 16.5 Å². The summed E-state index contributed by atoms with van der Waals surface area (Å²) >= 11 is 0. The van der Waals surface area contributed by atoms with Gasteiger partial charge in [0.15, 0.2) is 5.76 Å². The Balaban J connectivity index is 1.98. The summed E-state index contributed by atoms with van der Waals surface area (Å²) in [6.07, 6.45) is 1.07. The summed E-state index contributed by atoms with van der Waals surface area (Å²) in [5, 5.41) is 8.80. The summed E-state index contributed by atoms with van der Waals surface area (Å²) in [6, 6.07) is 2.45. The van der Waals surface area contributed by atoms with Crippen LogP contribution in [0.5, 0.6) is 0 Å². The first-order valence-electron chi connectivity index (χ1n) is 7.34. The smallest absolute Gasteiger partial charge is 0.371 e. The van der Waals surface area contributed by atoms with E-state index < -0.39 is 16.0 Å². The minimum Gasteiger partial charge on any atom is -0.475 e. The van der Waals surface area contributed by atoms with Crippen LogP contribution in [-0.4, -0.2) is 66.5 Å². The van der Waals surface area contributed by atoms with E-state index in [1.54, 1.807) is 18.9 Å². The molecule has 0 atom stereocenters. The lowest BCUT2D eigenvalue weighted by molar-refractivity contribution is 0.0627. The molecule has 1 N–H and O–H groups in total. The zero-order valence-corrected chi connectivity index (χ0v) is 13.9. The number of piperidine rings is 1. The monoisotopic (exact) mass is 344 g/mol. The van der Waals surface area contributed by atoms with Crippen LogP contribution in [0, 0.1) is 0 Å². The Labute approximate surface area is 134 Å². The molecule has 1 aromatic heterocycles. The normalized spacial score (nSPS) is 16.7. The SMILES string of the molecule is CCS(=O)(=O)N(C)C1CCN(C(=O)c2ccc(C(=O)O)o2)CC1. The minimum atomic E-state index is -3.25. The molecule has 0 aromatic carbocycles. The van der Waals surface area contributed by atoms with Crippen LogP contribution in [0.4, 0.5) is 0 Å². The lowest BCUT2D eigenvalue weighted by Gasteiger charge is -2.35. The van der Waals surface area contributed by atoms with Crippen molar-refractivity contribution in [2.24, 2.45) is 0 Å². The summed E-state index contributed by atoms with van der Waals surface area (Å²) in [5.74, 6) is -1.86. The number of carboxylic acids is 1. The largest absolute Gasteiger partial charge is 0.475 e. The molecule has 2 heterocycles. The fourth-order valence-corrected chi connectivity index (χ4v) is 3.66. The summed E-state index contributed by atoms with van der Waals surface area (Å²) in [7, 11) is -1.69. The molecule has 1 aliphatic rings. The second-order valence-electron chi connectivity index (χ2n) is 5.41. The molecule has 1 aliphatic heterocycles. The van der Waals surface area contributed by atoms with Gasteiger partial charge in [-0.05, 0) is 31.9 Å². The molecule has 1 amide bonds. The number of amides is 1. The quantitative estimate of drug-likeness (QED) is 0.849.